The summed E-state index contributed by atoms with van der Waals surface area (Å²) in [6.45, 7) is 5.38. The second-order valence-electron chi connectivity index (χ2n) is 7.38. The maximum Gasteiger partial charge on any atom is 0.219 e. The van der Waals surface area contributed by atoms with E-state index in [0.29, 0.717) is 5.92 Å². The summed E-state index contributed by atoms with van der Waals surface area (Å²) < 4.78 is 0. The Hall–Kier alpha value is -2.39. The molecule has 3 heteroatoms. The Morgan fingerprint density at radius 2 is 1.58 bits per heavy atom. The van der Waals surface area contributed by atoms with E-state index in [1.54, 1.807) is 6.92 Å². The topological polar surface area (TPSA) is 32.3 Å². The minimum Gasteiger partial charge on any atom is -0.343 e. The van der Waals surface area contributed by atoms with E-state index in [9.17, 15) is 4.79 Å². The lowest BCUT2D eigenvalue weighted by molar-refractivity contribution is -0.130. The highest BCUT2D eigenvalue weighted by atomic mass is 16.2. The van der Waals surface area contributed by atoms with Gasteiger partial charge in [-0.05, 0) is 58.5 Å². The molecular formula is C23H26N2O. The summed E-state index contributed by atoms with van der Waals surface area (Å²) in [5.41, 5.74) is 1.39. The van der Waals surface area contributed by atoms with Gasteiger partial charge in [0.15, 0.2) is 0 Å². The Kier molecular flexibility index (Phi) is 4.89. The smallest absolute Gasteiger partial charge is 0.219 e. The number of rotatable bonds is 4. The first kappa shape index (κ1) is 17.0. The molecule has 1 heterocycles. The van der Waals surface area contributed by atoms with Gasteiger partial charge >= 0.3 is 0 Å². The third kappa shape index (κ3) is 3.45. The van der Waals surface area contributed by atoms with Gasteiger partial charge in [-0.25, -0.2) is 0 Å². The zero-order valence-corrected chi connectivity index (χ0v) is 15.4. The maximum absolute atomic E-state index is 11.5. The largest absolute Gasteiger partial charge is 0.343 e. The lowest BCUT2D eigenvalue weighted by atomic mass is 9.95. The molecule has 1 amide bonds. The third-order valence-electron chi connectivity index (χ3n) is 5.68. The van der Waals surface area contributed by atoms with E-state index in [4.69, 9.17) is 0 Å². The van der Waals surface area contributed by atoms with Crippen LogP contribution in [-0.4, -0.2) is 30.4 Å². The van der Waals surface area contributed by atoms with Gasteiger partial charge in [0, 0.05) is 26.6 Å². The number of fused-ring (bicyclic) bond motifs is 2. The number of amides is 1. The van der Waals surface area contributed by atoms with Crippen LogP contribution >= 0.6 is 0 Å². The minimum absolute atomic E-state index is 0.207. The molecule has 0 bridgehead atoms. The van der Waals surface area contributed by atoms with Crippen LogP contribution in [0.25, 0.3) is 21.5 Å². The van der Waals surface area contributed by atoms with Crippen LogP contribution in [-0.2, 0) is 11.3 Å². The average Bonchev–Trinajstić information content (AvgIpc) is 2.68. The number of nitrogens with zero attached hydrogens (tertiary/aromatic N) is 1. The first-order chi connectivity index (χ1) is 12.7. The second kappa shape index (κ2) is 7.46. The predicted molar refractivity (Wildman–Crippen MR) is 108 cm³/mol. The summed E-state index contributed by atoms with van der Waals surface area (Å²) in [5, 5.41) is 8.98. The molecule has 3 nitrogen and oxygen atoms in total. The number of carbonyl (C=O) groups is 1. The van der Waals surface area contributed by atoms with E-state index in [2.05, 4.69) is 59.9 Å². The fraction of sp³-hybridized carbons (Fsp3) is 0.348. The summed E-state index contributed by atoms with van der Waals surface area (Å²) in [6, 6.07) is 19.6. The van der Waals surface area contributed by atoms with Crippen LogP contribution in [0.4, 0.5) is 0 Å². The van der Waals surface area contributed by atoms with Crippen LogP contribution in [0.15, 0.2) is 54.6 Å². The molecule has 1 N–H and O–H groups in total. The van der Waals surface area contributed by atoms with Gasteiger partial charge in [-0.1, -0.05) is 48.5 Å². The van der Waals surface area contributed by atoms with Gasteiger partial charge in [-0.2, -0.15) is 0 Å². The number of piperidine rings is 1. The van der Waals surface area contributed by atoms with Crippen molar-refractivity contribution in [2.45, 2.75) is 26.3 Å². The van der Waals surface area contributed by atoms with Crippen molar-refractivity contribution in [1.29, 1.82) is 0 Å². The zero-order valence-electron chi connectivity index (χ0n) is 15.4. The molecule has 0 unspecified atom stereocenters. The summed E-state index contributed by atoms with van der Waals surface area (Å²) in [5.74, 6) is 0.866. The van der Waals surface area contributed by atoms with Crippen LogP contribution < -0.4 is 5.32 Å². The first-order valence-corrected chi connectivity index (χ1v) is 9.58. The average molecular weight is 346 g/mol. The number of benzene rings is 3. The molecule has 1 saturated heterocycles. The van der Waals surface area contributed by atoms with Gasteiger partial charge in [0.05, 0.1) is 0 Å². The second-order valence-corrected chi connectivity index (χ2v) is 7.38. The van der Waals surface area contributed by atoms with Crippen molar-refractivity contribution in [3.05, 3.63) is 60.2 Å². The highest BCUT2D eigenvalue weighted by Gasteiger charge is 2.20. The Morgan fingerprint density at radius 3 is 2.15 bits per heavy atom. The zero-order chi connectivity index (χ0) is 17.9. The van der Waals surface area contributed by atoms with Crippen molar-refractivity contribution < 1.29 is 4.79 Å². The molecule has 3 aromatic carbocycles. The van der Waals surface area contributed by atoms with E-state index in [0.717, 1.165) is 39.0 Å². The number of likely N-dealkylation sites (tertiary alicyclic amines) is 1. The molecule has 134 valence electrons. The Bertz CT molecular complexity index is 872. The normalized spacial score (nSPS) is 15.7. The van der Waals surface area contributed by atoms with E-state index in [-0.39, 0.29) is 5.91 Å². The standard InChI is InChI=1S/C23H26N2O/c1-17(26)25-12-10-18(11-13-25)15-24-16-23-21-8-4-2-6-19(21)14-20-7-3-5-9-22(20)23/h2-9,14,18,24H,10-13,15-16H2,1H3. The van der Waals surface area contributed by atoms with Crippen LogP contribution in [0.3, 0.4) is 0 Å². The van der Waals surface area contributed by atoms with Crippen molar-refractivity contribution in [2.75, 3.05) is 19.6 Å². The van der Waals surface area contributed by atoms with Gasteiger partial charge in [-0.15, -0.1) is 0 Å². The number of hydrogen-bond donors (Lipinski definition) is 1. The number of hydrogen-bond acceptors (Lipinski definition) is 2. The maximum atomic E-state index is 11.5. The van der Waals surface area contributed by atoms with Crippen LogP contribution in [0.5, 0.6) is 0 Å². The summed E-state index contributed by atoms with van der Waals surface area (Å²) in [4.78, 5) is 13.4. The van der Waals surface area contributed by atoms with Crippen molar-refractivity contribution in [1.82, 2.24) is 10.2 Å². The fourth-order valence-corrected chi connectivity index (χ4v) is 4.15. The minimum atomic E-state index is 0.207. The van der Waals surface area contributed by atoms with Crippen molar-refractivity contribution in [3.8, 4) is 0 Å². The van der Waals surface area contributed by atoms with Crippen molar-refractivity contribution >= 4 is 27.5 Å². The number of nitrogens with one attached hydrogen (secondary N) is 1. The monoisotopic (exact) mass is 346 g/mol. The number of carbonyl (C=O) groups excluding carboxylic acids is 1. The highest BCUT2D eigenvalue weighted by molar-refractivity contribution is 6.02. The SMILES string of the molecule is CC(=O)N1CCC(CNCc2c3ccccc3cc3ccccc23)CC1. The summed E-state index contributed by atoms with van der Waals surface area (Å²) in [6.07, 6.45) is 2.20. The lowest BCUT2D eigenvalue weighted by Gasteiger charge is -2.31. The molecular weight excluding hydrogens is 320 g/mol. The van der Waals surface area contributed by atoms with E-state index in [1.807, 2.05) is 4.90 Å². The van der Waals surface area contributed by atoms with E-state index < -0.39 is 0 Å². The molecule has 0 aromatic heterocycles. The molecule has 0 atom stereocenters. The Morgan fingerprint density at radius 1 is 1.00 bits per heavy atom. The van der Waals surface area contributed by atoms with Gasteiger partial charge in [0.1, 0.15) is 0 Å². The molecule has 4 rings (SSSR count). The molecule has 0 saturated carbocycles. The van der Waals surface area contributed by atoms with Gasteiger partial charge < -0.3 is 10.2 Å². The molecule has 0 aliphatic carbocycles. The van der Waals surface area contributed by atoms with Crippen molar-refractivity contribution in [2.24, 2.45) is 5.92 Å². The Balaban J connectivity index is 1.49. The van der Waals surface area contributed by atoms with E-state index >= 15 is 0 Å². The first-order valence-electron chi connectivity index (χ1n) is 9.58. The molecule has 1 fully saturated rings. The Labute approximate surface area is 155 Å². The predicted octanol–water partition coefficient (Wildman–Crippen LogP) is 4.34. The molecule has 0 radical (unpaired) electrons. The summed E-state index contributed by atoms with van der Waals surface area (Å²) >= 11 is 0. The molecule has 3 aromatic rings. The third-order valence-corrected chi connectivity index (χ3v) is 5.68. The lowest BCUT2D eigenvalue weighted by Crippen LogP contribution is -2.39. The van der Waals surface area contributed by atoms with Crippen molar-refractivity contribution in [3.63, 3.8) is 0 Å². The molecule has 26 heavy (non-hydrogen) atoms. The van der Waals surface area contributed by atoms with Gasteiger partial charge in [-0.3, -0.25) is 4.79 Å². The highest BCUT2D eigenvalue weighted by Crippen LogP contribution is 2.28. The molecule has 1 aliphatic heterocycles. The van der Waals surface area contributed by atoms with E-state index in [1.165, 1.54) is 27.1 Å². The fourth-order valence-electron chi connectivity index (χ4n) is 4.15. The molecule has 1 aliphatic rings. The van der Waals surface area contributed by atoms with Gasteiger partial charge in [0.2, 0.25) is 5.91 Å². The van der Waals surface area contributed by atoms with Gasteiger partial charge in [0.25, 0.3) is 0 Å². The molecule has 0 spiro atoms. The summed E-state index contributed by atoms with van der Waals surface area (Å²) in [7, 11) is 0. The quantitative estimate of drug-likeness (QED) is 0.713. The van der Waals surface area contributed by atoms with Crippen LogP contribution in [0, 0.1) is 5.92 Å². The van der Waals surface area contributed by atoms with Crippen LogP contribution in [0.1, 0.15) is 25.3 Å². The van der Waals surface area contributed by atoms with Crippen LogP contribution in [0.2, 0.25) is 0 Å².